The van der Waals surface area contributed by atoms with Crippen molar-refractivity contribution in [2.75, 3.05) is 20.8 Å². The molecule has 0 radical (unpaired) electrons. The molecule has 0 aromatic heterocycles. The number of fused-ring (bicyclic) bond motifs is 4. The second-order valence-corrected chi connectivity index (χ2v) is 7.27. The molecule has 2 aromatic rings. The molecular formula is C21H23N3O4. The summed E-state index contributed by atoms with van der Waals surface area (Å²) in [4.78, 5) is 24.1. The van der Waals surface area contributed by atoms with Gasteiger partial charge in [0.05, 0.1) is 14.2 Å². The molecule has 2 heterocycles. The van der Waals surface area contributed by atoms with Gasteiger partial charge in [-0.2, -0.15) is 9.81 Å². The molecule has 28 heavy (non-hydrogen) atoms. The molecular weight excluding hydrogens is 358 g/mol. The summed E-state index contributed by atoms with van der Waals surface area (Å²) >= 11 is 0. The minimum atomic E-state index is 0.0620. The van der Waals surface area contributed by atoms with Gasteiger partial charge in [-0.05, 0) is 46.7 Å². The van der Waals surface area contributed by atoms with Gasteiger partial charge in [-0.3, -0.25) is 4.90 Å². The van der Waals surface area contributed by atoms with E-state index in [-0.39, 0.29) is 19.1 Å². The molecule has 1 unspecified atom stereocenters. The molecule has 0 N–H and O–H groups in total. The average molecular weight is 381 g/mol. The predicted octanol–water partition coefficient (Wildman–Crippen LogP) is 3.89. The van der Waals surface area contributed by atoms with Crippen LogP contribution in [0, 0.1) is 9.81 Å². The first-order valence-corrected chi connectivity index (χ1v) is 9.39. The largest absolute Gasteiger partial charge is 0.493 e. The lowest BCUT2D eigenvalue weighted by Gasteiger charge is -2.42. The fraction of sp³-hybridized carbons (Fsp3) is 0.429. The maximum absolute atomic E-state index is 10.9. The number of nitrogens with zero attached hydrogens (tertiary/aromatic N) is 3. The highest BCUT2D eigenvalue weighted by Gasteiger charge is 2.34. The van der Waals surface area contributed by atoms with Gasteiger partial charge in [0, 0.05) is 24.7 Å². The first-order valence-electron chi connectivity index (χ1n) is 9.39. The monoisotopic (exact) mass is 381 g/mol. The molecule has 7 nitrogen and oxygen atoms in total. The Morgan fingerprint density at radius 1 is 1.04 bits per heavy atom. The highest BCUT2D eigenvalue weighted by Crippen LogP contribution is 2.44. The fourth-order valence-corrected chi connectivity index (χ4v) is 4.57. The molecule has 0 saturated carbocycles. The SMILES string of the molecule is COc1ccc2c(c1OC)CN1CCc3cc(CN=O)c(CN=O)cc3C1C2. The molecule has 2 aliphatic rings. The van der Waals surface area contributed by atoms with E-state index in [1.54, 1.807) is 14.2 Å². The van der Waals surface area contributed by atoms with Crippen molar-refractivity contribution >= 4 is 0 Å². The highest BCUT2D eigenvalue weighted by molar-refractivity contribution is 5.53. The average Bonchev–Trinajstić information content (AvgIpc) is 2.72. The van der Waals surface area contributed by atoms with Crippen LogP contribution in [0.15, 0.2) is 34.6 Å². The molecule has 2 aromatic carbocycles. The van der Waals surface area contributed by atoms with Crippen molar-refractivity contribution in [3.8, 4) is 11.5 Å². The van der Waals surface area contributed by atoms with Crippen LogP contribution in [0.5, 0.6) is 11.5 Å². The number of methoxy groups -OCH3 is 2. The third-order valence-corrected chi connectivity index (χ3v) is 5.92. The first kappa shape index (κ1) is 18.6. The molecule has 0 spiro atoms. The zero-order valence-electron chi connectivity index (χ0n) is 16.1. The third kappa shape index (κ3) is 3.05. The van der Waals surface area contributed by atoms with Gasteiger partial charge in [-0.1, -0.05) is 28.6 Å². The van der Waals surface area contributed by atoms with Crippen LogP contribution in [0.3, 0.4) is 0 Å². The maximum Gasteiger partial charge on any atom is 0.165 e. The second-order valence-electron chi connectivity index (χ2n) is 7.27. The lowest BCUT2D eigenvalue weighted by molar-refractivity contribution is 0.157. The highest BCUT2D eigenvalue weighted by atomic mass is 16.5. The van der Waals surface area contributed by atoms with Crippen molar-refractivity contribution in [1.29, 1.82) is 0 Å². The Kier molecular flexibility index (Phi) is 5.09. The van der Waals surface area contributed by atoms with E-state index in [1.165, 1.54) is 22.3 Å². The van der Waals surface area contributed by atoms with Gasteiger partial charge in [0.25, 0.3) is 0 Å². The maximum atomic E-state index is 10.9. The summed E-state index contributed by atoms with van der Waals surface area (Å²) in [5.41, 5.74) is 6.50. The van der Waals surface area contributed by atoms with Crippen molar-refractivity contribution in [1.82, 2.24) is 4.90 Å². The van der Waals surface area contributed by atoms with Crippen LogP contribution >= 0.6 is 0 Å². The molecule has 1 atom stereocenters. The van der Waals surface area contributed by atoms with E-state index in [0.29, 0.717) is 0 Å². The van der Waals surface area contributed by atoms with E-state index >= 15 is 0 Å². The van der Waals surface area contributed by atoms with Gasteiger partial charge in [-0.15, -0.1) is 0 Å². The summed E-state index contributed by atoms with van der Waals surface area (Å²) in [5.74, 6) is 1.56. The Bertz CT molecular complexity index is 928. The summed E-state index contributed by atoms with van der Waals surface area (Å²) in [7, 11) is 3.33. The summed E-state index contributed by atoms with van der Waals surface area (Å²) in [6.45, 7) is 1.86. The summed E-state index contributed by atoms with van der Waals surface area (Å²) < 4.78 is 11.1. The van der Waals surface area contributed by atoms with E-state index in [1.807, 2.05) is 12.1 Å². The van der Waals surface area contributed by atoms with Crippen molar-refractivity contribution in [3.63, 3.8) is 0 Å². The molecule has 4 rings (SSSR count). The first-order chi connectivity index (χ1) is 13.7. The molecule has 0 amide bonds. The summed E-state index contributed by atoms with van der Waals surface area (Å²) in [5, 5.41) is 6.06. The van der Waals surface area contributed by atoms with Gasteiger partial charge >= 0.3 is 0 Å². The minimum Gasteiger partial charge on any atom is -0.493 e. The Balaban J connectivity index is 1.75. The molecule has 2 aliphatic heterocycles. The third-order valence-electron chi connectivity index (χ3n) is 5.92. The lowest BCUT2D eigenvalue weighted by Crippen LogP contribution is -2.39. The Morgan fingerprint density at radius 3 is 2.46 bits per heavy atom. The zero-order chi connectivity index (χ0) is 19.7. The van der Waals surface area contributed by atoms with Crippen molar-refractivity contribution in [2.24, 2.45) is 10.4 Å². The number of ether oxygens (including phenoxy) is 2. The van der Waals surface area contributed by atoms with Gasteiger partial charge in [0.2, 0.25) is 0 Å². The van der Waals surface area contributed by atoms with Crippen LogP contribution in [-0.4, -0.2) is 25.7 Å². The van der Waals surface area contributed by atoms with Crippen LogP contribution in [0.4, 0.5) is 0 Å². The van der Waals surface area contributed by atoms with E-state index < -0.39 is 0 Å². The van der Waals surface area contributed by atoms with E-state index in [0.717, 1.165) is 48.6 Å². The van der Waals surface area contributed by atoms with Crippen molar-refractivity contribution in [3.05, 3.63) is 67.5 Å². The van der Waals surface area contributed by atoms with Crippen LogP contribution in [0.25, 0.3) is 0 Å². The van der Waals surface area contributed by atoms with Crippen LogP contribution in [0.1, 0.15) is 39.4 Å². The topological polar surface area (TPSA) is 80.6 Å². The molecule has 0 saturated heterocycles. The number of benzene rings is 2. The van der Waals surface area contributed by atoms with Gasteiger partial charge in [0.1, 0.15) is 13.1 Å². The minimum absolute atomic E-state index is 0.0620. The molecule has 0 aliphatic carbocycles. The van der Waals surface area contributed by atoms with Gasteiger partial charge < -0.3 is 9.47 Å². The van der Waals surface area contributed by atoms with Gasteiger partial charge in [0.15, 0.2) is 11.5 Å². The Morgan fingerprint density at radius 2 is 1.79 bits per heavy atom. The normalized spacial score (nSPS) is 17.9. The van der Waals surface area contributed by atoms with E-state index in [4.69, 9.17) is 9.47 Å². The van der Waals surface area contributed by atoms with Crippen LogP contribution in [-0.2, 0) is 32.5 Å². The molecule has 7 heteroatoms. The summed E-state index contributed by atoms with van der Waals surface area (Å²) in [6, 6.07) is 8.40. The van der Waals surface area contributed by atoms with Gasteiger partial charge in [-0.25, -0.2) is 0 Å². The lowest BCUT2D eigenvalue weighted by atomic mass is 9.82. The number of hydrogen-bond acceptors (Lipinski definition) is 7. The Labute approximate surface area is 163 Å². The number of rotatable bonds is 6. The summed E-state index contributed by atoms with van der Waals surface area (Å²) in [6.07, 6.45) is 1.76. The molecule has 0 bridgehead atoms. The van der Waals surface area contributed by atoms with Crippen LogP contribution in [0.2, 0.25) is 0 Å². The number of hydrogen-bond donors (Lipinski definition) is 0. The van der Waals surface area contributed by atoms with Crippen LogP contribution < -0.4 is 9.47 Å². The number of nitroso groups, excluding NO2 is 2. The van der Waals surface area contributed by atoms with E-state index in [9.17, 15) is 9.81 Å². The quantitative estimate of drug-likeness (QED) is 0.709. The molecule has 0 fully saturated rings. The van der Waals surface area contributed by atoms with E-state index in [2.05, 4.69) is 27.4 Å². The zero-order valence-corrected chi connectivity index (χ0v) is 16.1. The predicted molar refractivity (Wildman–Crippen MR) is 106 cm³/mol. The smallest absolute Gasteiger partial charge is 0.165 e. The second kappa shape index (κ2) is 7.67. The van der Waals surface area contributed by atoms with Crippen molar-refractivity contribution < 1.29 is 9.47 Å². The standard InChI is InChI=1S/C21H23N3O4/c1-27-20-4-3-13-9-19-17-8-16(11-23-26)15(10-22-25)7-14(17)5-6-24(19)12-18(13)21(20)28-2/h3-4,7-8,19H,5-6,9-12H2,1-2H3. The van der Waals surface area contributed by atoms with Crippen molar-refractivity contribution in [2.45, 2.75) is 38.5 Å². The molecule has 146 valence electrons. The fourth-order valence-electron chi connectivity index (χ4n) is 4.57. The Hall–Kier alpha value is -2.80.